The first-order valence-electron chi connectivity index (χ1n) is 8.12. The van der Waals surface area contributed by atoms with Crippen LogP contribution in [0.25, 0.3) is 10.9 Å². The van der Waals surface area contributed by atoms with Gasteiger partial charge in [-0.25, -0.2) is 9.18 Å². The molecule has 2 fully saturated rings. The second kappa shape index (κ2) is 5.53. The number of carbonyl (C=O) groups is 1. The number of hydrogen-bond donors (Lipinski definition) is 3. The van der Waals surface area contributed by atoms with Crippen molar-refractivity contribution < 1.29 is 19.0 Å². The van der Waals surface area contributed by atoms with Gasteiger partial charge < -0.3 is 25.5 Å². The van der Waals surface area contributed by atoms with E-state index in [0.29, 0.717) is 37.4 Å². The highest BCUT2D eigenvalue weighted by atomic mass is 19.1. The molecule has 2 saturated heterocycles. The van der Waals surface area contributed by atoms with Gasteiger partial charge in [-0.2, -0.15) is 0 Å². The van der Waals surface area contributed by atoms with Gasteiger partial charge in [0.15, 0.2) is 0 Å². The number of carboxylic acid groups (broad SMARTS) is 1. The van der Waals surface area contributed by atoms with Crippen LogP contribution in [0.15, 0.2) is 23.1 Å². The normalized spacial score (nSPS) is 25.5. The molecule has 0 radical (unpaired) electrons. The topological polar surface area (TPSA) is 109 Å². The van der Waals surface area contributed by atoms with Crippen molar-refractivity contribution in [2.45, 2.75) is 12.0 Å². The molecule has 0 amide bonds. The molecule has 2 aromatic rings. The van der Waals surface area contributed by atoms with Crippen molar-refractivity contribution in [3.63, 3.8) is 0 Å². The van der Waals surface area contributed by atoms with Crippen molar-refractivity contribution in [1.29, 1.82) is 0 Å². The third kappa shape index (κ3) is 2.32. The Morgan fingerprint density at radius 3 is 3.00 bits per heavy atom. The molecule has 1 aromatic heterocycles. The van der Waals surface area contributed by atoms with Gasteiger partial charge in [0.1, 0.15) is 17.0 Å². The third-order valence-corrected chi connectivity index (χ3v) is 5.36. The maximum Gasteiger partial charge on any atom is 0.341 e. The van der Waals surface area contributed by atoms with Crippen LogP contribution in [0.3, 0.4) is 0 Å². The minimum atomic E-state index is -1.35. The van der Waals surface area contributed by atoms with Crippen LogP contribution in [0.4, 0.5) is 10.1 Å². The molecule has 25 heavy (non-hydrogen) atoms. The Labute approximate surface area is 142 Å². The summed E-state index contributed by atoms with van der Waals surface area (Å²) in [7, 11) is 0. The summed E-state index contributed by atoms with van der Waals surface area (Å²) < 4.78 is 20.5. The van der Waals surface area contributed by atoms with Crippen molar-refractivity contribution in [3.05, 3.63) is 39.9 Å². The molecular formula is C17H18FN3O4. The Morgan fingerprint density at radius 2 is 2.32 bits per heavy atom. The first-order chi connectivity index (χ1) is 11.9. The van der Waals surface area contributed by atoms with Gasteiger partial charge >= 0.3 is 5.97 Å². The molecule has 8 heteroatoms. The van der Waals surface area contributed by atoms with Crippen LogP contribution in [0.1, 0.15) is 16.8 Å². The van der Waals surface area contributed by atoms with E-state index in [1.807, 2.05) is 4.90 Å². The molecule has 0 bridgehead atoms. The molecule has 0 saturated carbocycles. The van der Waals surface area contributed by atoms with Crippen LogP contribution in [-0.4, -0.2) is 47.9 Å². The molecule has 2 aliphatic rings. The number of anilines is 1. The fraction of sp³-hybridized carbons (Fsp3) is 0.412. The fourth-order valence-corrected chi connectivity index (χ4v) is 3.98. The highest BCUT2D eigenvalue weighted by Crippen LogP contribution is 2.41. The number of H-pyrrole nitrogens is 1. The lowest BCUT2D eigenvalue weighted by molar-refractivity contribution is 0.0126. The molecule has 4 rings (SSSR count). The fourth-order valence-electron chi connectivity index (χ4n) is 3.98. The first kappa shape index (κ1) is 16.0. The second-order valence-corrected chi connectivity index (χ2v) is 6.67. The Hall–Kier alpha value is -2.45. The highest BCUT2D eigenvalue weighted by molar-refractivity contribution is 5.93. The SMILES string of the molecule is NCC12CN(c3cc4[nH]cc(C(=O)O)c(=O)c4cc3F)CC1CCO2. The van der Waals surface area contributed by atoms with Crippen molar-refractivity contribution in [3.8, 4) is 0 Å². The summed E-state index contributed by atoms with van der Waals surface area (Å²) in [4.78, 5) is 27.9. The van der Waals surface area contributed by atoms with E-state index in [4.69, 9.17) is 15.6 Å². The van der Waals surface area contributed by atoms with E-state index >= 15 is 0 Å². The van der Waals surface area contributed by atoms with E-state index in [1.54, 1.807) is 6.07 Å². The van der Waals surface area contributed by atoms with Gasteiger partial charge in [0.2, 0.25) is 5.43 Å². The second-order valence-electron chi connectivity index (χ2n) is 6.67. The van der Waals surface area contributed by atoms with Crippen molar-refractivity contribution in [1.82, 2.24) is 4.98 Å². The van der Waals surface area contributed by atoms with Crippen LogP contribution in [0.2, 0.25) is 0 Å². The molecule has 3 heterocycles. The van der Waals surface area contributed by atoms with Crippen LogP contribution in [-0.2, 0) is 4.74 Å². The summed E-state index contributed by atoms with van der Waals surface area (Å²) in [5, 5.41) is 9.04. The summed E-state index contributed by atoms with van der Waals surface area (Å²) in [6.45, 7) is 2.18. The summed E-state index contributed by atoms with van der Waals surface area (Å²) in [5.41, 5.74) is 5.09. The number of aromatic carboxylic acids is 1. The van der Waals surface area contributed by atoms with Gasteiger partial charge in [-0.3, -0.25) is 4.79 Å². The zero-order valence-corrected chi connectivity index (χ0v) is 13.4. The number of nitrogens with one attached hydrogen (secondary N) is 1. The summed E-state index contributed by atoms with van der Waals surface area (Å²) >= 11 is 0. The number of fused-ring (bicyclic) bond motifs is 2. The molecule has 1 aromatic carbocycles. The van der Waals surface area contributed by atoms with Gasteiger partial charge in [0.25, 0.3) is 0 Å². The van der Waals surface area contributed by atoms with Crippen molar-refractivity contribution >= 4 is 22.6 Å². The van der Waals surface area contributed by atoms with E-state index in [-0.39, 0.29) is 11.3 Å². The van der Waals surface area contributed by atoms with Crippen molar-refractivity contribution in [2.75, 3.05) is 31.1 Å². The average Bonchev–Trinajstić information content (AvgIpc) is 3.12. The summed E-state index contributed by atoms with van der Waals surface area (Å²) in [6.07, 6.45) is 2.03. The number of nitrogens with two attached hydrogens (primary N) is 1. The highest BCUT2D eigenvalue weighted by Gasteiger charge is 2.50. The predicted octanol–water partition coefficient (Wildman–Crippen LogP) is 0.919. The maximum absolute atomic E-state index is 14.7. The summed E-state index contributed by atoms with van der Waals surface area (Å²) in [5.74, 6) is -1.66. The molecule has 132 valence electrons. The van der Waals surface area contributed by atoms with Gasteiger partial charge in [-0.15, -0.1) is 0 Å². The van der Waals surface area contributed by atoms with E-state index < -0.39 is 28.4 Å². The van der Waals surface area contributed by atoms with Gasteiger partial charge in [-0.05, 0) is 18.6 Å². The molecular weight excluding hydrogens is 329 g/mol. The van der Waals surface area contributed by atoms with Crippen LogP contribution in [0, 0.1) is 11.7 Å². The molecule has 2 atom stereocenters. The zero-order chi connectivity index (χ0) is 17.8. The molecule has 4 N–H and O–H groups in total. The quantitative estimate of drug-likeness (QED) is 0.762. The number of nitrogens with zero attached hydrogens (tertiary/aromatic N) is 1. The van der Waals surface area contributed by atoms with E-state index in [1.165, 1.54) is 0 Å². The minimum Gasteiger partial charge on any atom is -0.477 e. The Balaban J connectivity index is 1.77. The monoisotopic (exact) mass is 347 g/mol. The number of aromatic amines is 1. The molecule has 2 unspecified atom stereocenters. The van der Waals surface area contributed by atoms with Crippen LogP contribution >= 0.6 is 0 Å². The number of aromatic nitrogens is 1. The summed E-state index contributed by atoms with van der Waals surface area (Å²) in [6, 6.07) is 2.64. The lowest BCUT2D eigenvalue weighted by atomic mass is 9.91. The minimum absolute atomic E-state index is 0.0188. The van der Waals surface area contributed by atoms with E-state index in [2.05, 4.69) is 4.98 Å². The third-order valence-electron chi connectivity index (χ3n) is 5.36. The van der Waals surface area contributed by atoms with Gasteiger partial charge in [-0.1, -0.05) is 0 Å². The lowest BCUT2D eigenvalue weighted by Gasteiger charge is -2.27. The Kier molecular flexibility index (Phi) is 3.55. The number of hydrogen-bond acceptors (Lipinski definition) is 5. The average molecular weight is 347 g/mol. The molecule has 0 spiro atoms. The predicted molar refractivity (Wildman–Crippen MR) is 89.5 cm³/mol. The maximum atomic E-state index is 14.7. The van der Waals surface area contributed by atoms with Crippen LogP contribution in [0.5, 0.6) is 0 Å². The van der Waals surface area contributed by atoms with Crippen LogP contribution < -0.4 is 16.1 Å². The number of halogens is 1. The zero-order valence-electron chi connectivity index (χ0n) is 13.4. The standard InChI is InChI=1S/C17H18FN3O4/c18-12-3-10-13(20-5-11(15(10)22)16(23)24)4-14(12)21-6-9-1-2-25-17(9,7-19)8-21/h3-5,9H,1-2,6-8,19H2,(H,20,22)(H,23,24). The molecule has 0 aliphatic carbocycles. The van der Waals surface area contributed by atoms with Crippen molar-refractivity contribution in [2.24, 2.45) is 11.7 Å². The lowest BCUT2D eigenvalue weighted by Crippen LogP contribution is -2.44. The molecule has 2 aliphatic heterocycles. The molecule has 7 nitrogen and oxygen atoms in total. The number of carboxylic acids is 1. The largest absolute Gasteiger partial charge is 0.477 e. The number of ether oxygens (including phenoxy) is 1. The smallest absolute Gasteiger partial charge is 0.341 e. The Morgan fingerprint density at radius 1 is 1.52 bits per heavy atom. The number of rotatable bonds is 3. The van der Waals surface area contributed by atoms with Gasteiger partial charge in [0, 0.05) is 43.7 Å². The van der Waals surface area contributed by atoms with E-state index in [0.717, 1.165) is 18.7 Å². The first-order valence-corrected chi connectivity index (χ1v) is 8.12. The van der Waals surface area contributed by atoms with E-state index in [9.17, 15) is 14.0 Å². The number of pyridine rings is 1. The Bertz CT molecular complexity index is 928. The number of benzene rings is 1. The van der Waals surface area contributed by atoms with Gasteiger partial charge in [0.05, 0.1) is 11.2 Å².